The quantitative estimate of drug-likeness (QED) is 0.538. The minimum Gasteiger partial charge on any atom is -0.329 e. The third-order valence-corrected chi connectivity index (χ3v) is 1.77. The molecule has 0 aliphatic heterocycles. The molecule has 0 aromatic carbocycles. The molecule has 50 valence electrons. The molecule has 3 heteroatoms. The van der Waals surface area contributed by atoms with Crippen LogP contribution in [0.4, 0.5) is 0 Å². The van der Waals surface area contributed by atoms with Gasteiger partial charge in [-0.05, 0) is 13.5 Å². The monoisotopic (exact) mass is 228 g/mol. The maximum absolute atomic E-state index is 5.40. The second-order valence-corrected chi connectivity index (χ2v) is 2.78. The van der Waals surface area contributed by atoms with Crippen LogP contribution in [0.5, 0.6) is 0 Å². The number of hydrogen-bond donors (Lipinski definition) is 2. The highest BCUT2D eigenvalue weighted by molar-refractivity contribution is 14.1. The van der Waals surface area contributed by atoms with Gasteiger partial charge >= 0.3 is 0 Å². The van der Waals surface area contributed by atoms with Gasteiger partial charge in [-0.2, -0.15) is 0 Å². The Balaban J connectivity index is 3.07. The molecule has 0 saturated carbocycles. The zero-order valence-corrected chi connectivity index (χ0v) is 7.31. The van der Waals surface area contributed by atoms with E-state index in [2.05, 4.69) is 27.9 Å². The zero-order valence-electron chi connectivity index (χ0n) is 5.15. The molecule has 1 unspecified atom stereocenters. The largest absolute Gasteiger partial charge is 0.329 e. The van der Waals surface area contributed by atoms with E-state index < -0.39 is 0 Å². The average molecular weight is 228 g/mol. The minimum absolute atomic E-state index is 0.520. The molecule has 0 saturated heterocycles. The summed E-state index contributed by atoms with van der Waals surface area (Å²) >= 11 is 2.35. The topological polar surface area (TPSA) is 38.0 Å². The maximum atomic E-state index is 5.40. The molecule has 0 rings (SSSR count). The van der Waals surface area contributed by atoms with E-state index in [9.17, 15) is 0 Å². The Morgan fingerprint density at radius 1 is 1.75 bits per heavy atom. The fraction of sp³-hybridized carbons (Fsp3) is 1.00. The van der Waals surface area contributed by atoms with Crippen LogP contribution < -0.4 is 11.1 Å². The predicted octanol–water partition coefficient (Wildman–Crippen LogP) is 0.358. The van der Waals surface area contributed by atoms with Gasteiger partial charge in [-0.15, -0.1) is 0 Å². The first-order chi connectivity index (χ1) is 3.85. The number of halogens is 1. The van der Waals surface area contributed by atoms with Gasteiger partial charge in [0.15, 0.2) is 0 Å². The molecule has 0 amide bonds. The molecular formula is C5H13IN2. The van der Waals surface area contributed by atoms with Crippen molar-refractivity contribution in [3.8, 4) is 0 Å². The Morgan fingerprint density at radius 2 is 2.38 bits per heavy atom. The summed E-state index contributed by atoms with van der Waals surface area (Å²) < 4.78 is 1.18. The van der Waals surface area contributed by atoms with E-state index in [4.69, 9.17) is 5.73 Å². The van der Waals surface area contributed by atoms with Crippen molar-refractivity contribution in [2.24, 2.45) is 5.73 Å². The van der Waals surface area contributed by atoms with Gasteiger partial charge in [0, 0.05) is 17.0 Å². The van der Waals surface area contributed by atoms with Gasteiger partial charge in [0.05, 0.1) is 0 Å². The van der Waals surface area contributed by atoms with Crippen molar-refractivity contribution in [3.05, 3.63) is 0 Å². The first-order valence-electron chi connectivity index (χ1n) is 2.78. The van der Waals surface area contributed by atoms with Crippen molar-refractivity contribution >= 4 is 22.6 Å². The summed E-state index contributed by atoms with van der Waals surface area (Å²) in [6.07, 6.45) is 1.17. The highest BCUT2D eigenvalue weighted by Gasteiger charge is 1.98. The number of likely N-dealkylation sites (N-methyl/N-ethyl adjacent to an activating group) is 1. The van der Waals surface area contributed by atoms with Gasteiger partial charge in [-0.1, -0.05) is 22.6 Å². The number of hydrogen-bond acceptors (Lipinski definition) is 2. The predicted molar refractivity (Wildman–Crippen MR) is 45.4 cm³/mol. The number of rotatable bonds is 4. The lowest BCUT2D eigenvalue weighted by Gasteiger charge is -2.09. The van der Waals surface area contributed by atoms with Crippen molar-refractivity contribution < 1.29 is 0 Å². The molecule has 0 aliphatic carbocycles. The Bertz CT molecular complexity index is 45.7. The van der Waals surface area contributed by atoms with Crippen LogP contribution in [-0.2, 0) is 0 Å². The molecule has 3 N–H and O–H groups in total. The van der Waals surface area contributed by atoms with E-state index >= 15 is 0 Å². The lowest BCUT2D eigenvalue weighted by atomic mass is 10.2. The van der Waals surface area contributed by atoms with Gasteiger partial charge in [-0.3, -0.25) is 0 Å². The Morgan fingerprint density at radius 3 is 2.50 bits per heavy atom. The summed E-state index contributed by atoms with van der Waals surface area (Å²) in [5.41, 5.74) is 5.40. The molecule has 0 aromatic rings. The molecule has 0 radical (unpaired) electrons. The fourth-order valence-corrected chi connectivity index (χ4v) is 1.26. The van der Waals surface area contributed by atoms with E-state index in [1.54, 1.807) is 0 Å². The standard InChI is InChI=1S/C5H13IN2/c1-8-5(4-7)2-3-6/h5,8H,2-4,7H2,1H3. The van der Waals surface area contributed by atoms with Crippen LogP contribution in [0.1, 0.15) is 6.42 Å². The van der Waals surface area contributed by atoms with Crippen molar-refractivity contribution in [2.45, 2.75) is 12.5 Å². The molecule has 2 nitrogen and oxygen atoms in total. The first-order valence-corrected chi connectivity index (χ1v) is 4.31. The van der Waals surface area contributed by atoms with Gasteiger partial charge in [0.1, 0.15) is 0 Å². The van der Waals surface area contributed by atoms with Crippen LogP contribution in [0.15, 0.2) is 0 Å². The van der Waals surface area contributed by atoms with Crippen molar-refractivity contribution in [1.82, 2.24) is 5.32 Å². The Kier molecular flexibility index (Phi) is 6.25. The zero-order chi connectivity index (χ0) is 6.41. The summed E-state index contributed by atoms with van der Waals surface area (Å²) in [6.45, 7) is 0.750. The van der Waals surface area contributed by atoms with Crippen LogP contribution >= 0.6 is 22.6 Å². The third kappa shape index (κ3) is 3.63. The summed E-state index contributed by atoms with van der Waals surface area (Å²) in [5.74, 6) is 0. The lowest BCUT2D eigenvalue weighted by Crippen LogP contribution is -2.33. The molecule has 8 heavy (non-hydrogen) atoms. The Hall–Kier alpha value is 0.650. The van der Waals surface area contributed by atoms with E-state index in [1.165, 1.54) is 10.8 Å². The molecule has 0 fully saturated rings. The number of nitrogens with two attached hydrogens (primary N) is 1. The van der Waals surface area contributed by atoms with Gasteiger partial charge < -0.3 is 11.1 Å². The SMILES string of the molecule is CNC(CN)CCI. The van der Waals surface area contributed by atoms with E-state index in [1.807, 2.05) is 7.05 Å². The van der Waals surface area contributed by atoms with E-state index in [0.717, 1.165) is 6.54 Å². The fourth-order valence-electron chi connectivity index (χ4n) is 0.512. The summed E-state index contributed by atoms with van der Waals surface area (Å²) in [7, 11) is 1.95. The van der Waals surface area contributed by atoms with Crippen molar-refractivity contribution in [2.75, 3.05) is 18.0 Å². The first kappa shape index (κ1) is 8.65. The third-order valence-electron chi connectivity index (χ3n) is 1.15. The van der Waals surface area contributed by atoms with Crippen LogP contribution in [0, 0.1) is 0 Å². The van der Waals surface area contributed by atoms with E-state index in [-0.39, 0.29) is 0 Å². The normalized spacial score (nSPS) is 13.9. The van der Waals surface area contributed by atoms with Crippen LogP contribution in [0.25, 0.3) is 0 Å². The van der Waals surface area contributed by atoms with Crippen molar-refractivity contribution in [3.63, 3.8) is 0 Å². The molecule has 0 spiro atoms. The smallest absolute Gasteiger partial charge is 0.0194 e. The summed E-state index contributed by atoms with van der Waals surface area (Å²) in [4.78, 5) is 0. The molecule has 0 heterocycles. The van der Waals surface area contributed by atoms with Crippen LogP contribution in [0.3, 0.4) is 0 Å². The van der Waals surface area contributed by atoms with Crippen LogP contribution in [0.2, 0.25) is 0 Å². The van der Waals surface area contributed by atoms with Crippen molar-refractivity contribution in [1.29, 1.82) is 0 Å². The highest BCUT2D eigenvalue weighted by atomic mass is 127. The van der Waals surface area contributed by atoms with Gasteiger partial charge in [0.25, 0.3) is 0 Å². The molecule has 0 aliphatic rings. The molecule has 1 atom stereocenters. The summed E-state index contributed by atoms with van der Waals surface area (Å²) in [5, 5.41) is 3.12. The minimum atomic E-state index is 0.520. The van der Waals surface area contributed by atoms with Crippen LogP contribution in [-0.4, -0.2) is 24.1 Å². The average Bonchev–Trinajstić information content (AvgIpc) is 1.83. The number of nitrogens with one attached hydrogen (secondary N) is 1. The molecular weight excluding hydrogens is 215 g/mol. The number of alkyl halides is 1. The highest BCUT2D eigenvalue weighted by Crippen LogP contribution is 1.92. The van der Waals surface area contributed by atoms with E-state index in [0.29, 0.717) is 6.04 Å². The molecule has 0 aromatic heterocycles. The Labute approximate surface area is 64.4 Å². The van der Waals surface area contributed by atoms with Gasteiger partial charge in [0.2, 0.25) is 0 Å². The van der Waals surface area contributed by atoms with Gasteiger partial charge in [-0.25, -0.2) is 0 Å². The second kappa shape index (κ2) is 5.78. The summed E-state index contributed by atoms with van der Waals surface area (Å²) in [6, 6.07) is 0.520. The maximum Gasteiger partial charge on any atom is 0.0194 e. The molecule has 0 bridgehead atoms. The lowest BCUT2D eigenvalue weighted by molar-refractivity contribution is 0.562. The second-order valence-electron chi connectivity index (χ2n) is 1.70.